The first-order valence-electron chi connectivity index (χ1n) is 7.64. The lowest BCUT2D eigenvalue weighted by Gasteiger charge is -2.29. The highest BCUT2D eigenvalue weighted by Gasteiger charge is 2.24. The molecule has 0 aromatic carbocycles. The maximum atomic E-state index is 11.8. The summed E-state index contributed by atoms with van der Waals surface area (Å²) in [7, 11) is 0. The van der Waals surface area contributed by atoms with Gasteiger partial charge in [-0.25, -0.2) is 0 Å². The summed E-state index contributed by atoms with van der Waals surface area (Å²) in [5.74, 6) is 0.583. The van der Waals surface area contributed by atoms with Gasteiger partial charge in [0.1, 0.15) is 0 Å². The number of carbonyl (C=O) groups excluding carboxylic acids is 1. The van der Waals surface area contributed by atoms with E-state index in [9.17, 15) is 9.59 Å². The number of carbonyl (C=O) groups is 2. The van der Waals surface area contributed by atoms with E-state index < -0.39 is 5.97 Å². The Balaban J connectivity index is 1.58. The topological polar surface area (TPSA) is 66.4 Å². The molecule has 4 nitrogen and oxygen atoms in total. The van der Waals surface area contributed by atoms with Crippen molar-refractivity contribution in [3.8, 4) is 0 Å². The summed E-state index contributed by atoms with van der Waals surface area (Å²) in [6, 6.07) is 0.277. The molecule has 0 radical (unpaired) electrons. The summed E-state index contributed by atoms with van der Waals surface area (Å²) in [4.78, 5) is 22.4. The second kappa shape index (κ2) is 6.92. The van der Waals surface area contributed by atoms with Crippen LogP contribution in [-0.2, 0) is 9.59 Å². The molecule has 2 aliphatic rings. The zero-order chi connectivity index (χ0) is 13.7. The zero-order valence-corrected chi connectivity index (χ0v) is 11.6. The molecule has 2 fully saturated rings. The minimum absolute atomic E-state index is 0.189. The van der Waals surface area contributed by atoms with Gasteiger partial charge in [0.05, 0.1) is 0 Å². The maximum Gasteiger partial charge on any atom is 0.303 e. The van der Waals surface area contributed by atoms with Crippen molar-refractivity contribution in [1.82, 2.24) is 5.32 Å². The van der Waals surface area contributed by atoms with Crippen LogP contribution in [-0.4, -0.2) is 23.0 Å². The third kappa shape index (κ3) is 4.84. The fraction of sp³-hybridized carbons (Fsp3) is 0.867. The minimum atomic E-state index is -0.701. The predicted molar refractivity (Wildman–Crippen MR) is 72.7 cm³/mol. The van der Waals surface area contributed by atoms with Crippen LogP contribution in [0.25, 0.3) is 0 Å². The second-order valence-corrected chi connectivity index (χ2v) is 6.22. The zero-order valence-electron chi connectivity index (χ0n) is 11.6. The average Bonchev–Trinajstić information content (AvgIpc) is 2.29. The number of hydrogen-bond acceptors (Lipinski definition) is 2. The lowest BCUT2D eigenvalue weighted by atomic mass is 9.82. The normalized spacial score (nSPS) is 27.6. The molecule has 0 aromatic heterocycles. The van der Waals surface area contributed by atoms with E-state index in [1.807, 2.05) is 0 Å². The Bertz CT molecular complexity index is 317. The molecule has 0 aliphatic heterocycles. The number of carboxylic acids is 1. The number of amides is 1. The van der Waals surface area contributed by atoms with Gasteiger partial charge >= 0.3 is 5.97 Å². The van der Waals surface area contributed by atoms with Crippen molar-refractivity contribution in [2.45, 2.75) is 70.3 Å². The molecule has 0 saturated heterocycles. The van der Waals surface area contributed by atoms with Crippen LogP contribution in [0.5, 0.6) is 0 Å². The number of carboxylic acid groups (broad SMARTS) is 1. The number of rotatable bonds is 6. The van der Waals surface area contributed by atoms with Crippen LogP contribution in [0.4, 0.5) is 0 Å². The Kier molecular flexibility index (Phi) is 5.23. The third-order valence-corrected chi connectivity index (χ3v) is 4.68. The molecule has 2 saturated carbocycles. The van der Waals surface area contributed by atoms with E-state index in [1.54, 1.807) is 0 Å². The van der Waals surface area contributed by atoms with Crippen LogP contribution in [0.15, 0.2) is 0 Å². The maximum absolute atomic E-state index is 11.8. The number of hydrogen-bond donors (Lipinski definition) is 2. The van der Waals surface area contributed by atoms with Gasteiger partial charge in [0.2, 0.25) is 5.91 Å². The van der Waals surface area contributed by atoms with E-state index in [0.29, 0.717) is 12.3 Å². The van der Waals surface area contributed by atoms with E-state index >= 15 is 0 Å². The van der Waals surface area contributed by atoms with Crippen molar-refractivity contribution in [2.75, 3.05) is 0 Å². The highest BCUT2D eigenvalue weighted by atomic mass is 16.4. The molecule has 2 N–H and O–H groups in total. The summed E-state index contributed by atoms with van der Waals surface area (Å²) in [5.41, 5.74) is 0. The van der Waals surface area contributed by atoms with Gasteiger partial charge in [-0.05, 0) is 43.9 Å². The molecule has 0 heterocycles. The van der Waals surface area contributed by atoms with Crippen LogP contribution in [0.2, 0.25) is 0 Å². The number of aliphatic carboxylic acids is 1. The summed E-state index contributed by atoms with van der Waals surface area (Å²) >= 11 is 0. The molecular weight excluding hydrogens is 242 g/mol. The van der Waals surface area contributed by atoms with E-state index in [1.165, 1.54) is 19.3 Å². The van der Waals surface area contributed by atoms with Crippen molar-refractivity contribution in [3.63, 3.8) is 0 Å². The fourth-order valence-electron chi connectivity index (χ4n) is 3.17. The van der Waals surface area contributed by atoms with Crippen molar-refractivity contribution in [3.05, 3.63) is 0 Å². The summed E-state index contributed by atoms with van der Waals surface area (Å²) in [6.07, 6.45) is 9.66. The first-order valence-corrected chi connectivity index (χ1v) is 7.64. The SMILES string of the molecule is O=C(O)CC1CCC(NC(=O)CCC2CCC2)CC1. The van der Waals surface area contributed by atoms with Crippen LogP contribution < -0.4 is 5.32 Å². The molecule has 2 aliphatic carbocycles. The first kappa shape index (κ1) is 14.4. The van der Waals surface area contributed by atoms with Crippen molar-refractivity contribution < 1.29 is 14.7 Å². The Morgan fingerprint density at radius 2 is 1.68 bits per heavy atom. The van der Waals surface area contributed by atoms with Crippen LogP contribution in [0.3, 0.4) is 0 Å². The number of nitrogens with one attached hydrogen (secondary N) is 1. The third-order valence-electron chi connectivity index (χ3n) is 4.68. The van der Waals surface area contributed by atoms with E-state index in [2.05, 4.69) is 5.32 Å². The van der Waals surface area contributed by atoms with Gasteiger partial charge in [-0.2, -0.15) is 0 Å². The average molecular weight is 267 g/mol. The summed E-state index contributed by atoms with van der Waals surface area (Å²) in [5, 5.41) is 11.9. The van der Waals surface area contributed by atoms with Crippen molar-refractivity contribution >= 4 is 11.9 Å². The standard InChI is InChI=1S/C15H25NO3/c17-14(9-6-11-2-1-3-11)16-13-7-4-12(5-8-13)10-15(18)19/h11-13H,1-10H2,(H,16,17)(H,18,19). The minimum Gasteiger partial charge on any atom is -0.481 e. The predicted octanol–water partition coefficient (Wildman–Crippen LogP) is 2.72. The molecule has 2 rings (SSSR count). The van der Waals surface area contributed by atoms with Gasteiger partial charge in [0.15, 0.2) is 0 Å². The molecule has 0 bridgehead atoms. The highest BCUT2D eigenvalue weighted by molar-refractivity contribution is 5.76. The van der Waals surface area contributed by atoms with Gasteiger partial charge < -0.3 is 10.4 Å². The van der Waals surface area contributed by atoms with E-state index in [-0.39, 0.29) is 18.4 Å². The fourth-order valence-corrected chi connectivity index (χ4v) is 3.17. The molecule has 0 unspecified atom stereocenters. The van der Waals surface area contributed by atoms with Crippen molar-refractivity contribution in [1.29, 1.82) is 0 Å². The smallest absolute Gasteiger partial charge is 0.303 e. The Morgan fingerprint density at radius 1 is 1.00 bits per heavy atom. The van der Waals surface area contributed by atoms with Gasteiger partial charge in [-0.1, -0.05) is 19.3 Å². The van der Waals surface area contributed by atoms with Crippen LogP contribution in [0.1, 0.15) is 64.2 Å². The Hall–Kier alpha value is -1.06. The Morgan fingerprint density at radius 3 is 2.21 bits per heavy atom. The molecular formula is C15H25NO3. The van der Waals surface area contributed by atoms with Gasteiger partial charge in [0.25, 0.3) is 0 Å². The summed E-state index contributed by atoms with van der Waals surface area (Å²) in [6.45, 7) is 0. The van der Waals surface area contributed by atoms with Crippen molar-refractivity contribution in [2.24, 2.45) is 11.8 Å². The lowest BCUT2D eigenvalue weighted by molar-refractivity contribution is -0.138. The lowest BCUT2D eigenvalue weighted by Crippen LogP contribution is -2.38. The monoisotopic (exact) mass is 267 g/mol. The molecule has 19 heavy (non-hydrogen) atoms. The van der Waals surface area contributed by atoms with Crippen LogP contribution in [0, 0.1) is 11.8 Å². The van der Waals surface area contributed by atoms with Gasteiger partial charge in [-0.3, -0.25) is 9.59 Å². The van der Waals surface area contributed by atoms with E-state index in [0.717, 1.165) is 38.0 Å². The molecule has 0 atom stereocenters. The summed E-state index contributed by atoms with van der Waals surface area (Å²) < 4.78 is 0. The molecule has 4 heteroatoms. The molecule has 0 spiro atoms. The molecule has 108 valence electrons. The van der Waals surface area contributed by atoms with Crippen LogP contribution >= 0.6 is 0 Å². The second-order valence-electron chi connectivity index (χ2n) is 6.22. The largest absolute Gasteiger partial charge is 0.481 e. The van der Waals surface area contributed by atoms with Gasteiger partial charge in [0, 0.05) is 18.9 Å². The first-order chi connectivity index (χ1) is 9.13. The molecule has 0 aromatic rings. The van der Waals surface area contributed by atoms with Gasteiger partial charge in [-0.15, -0.1) is 0 Å². The molecule has 1 amide bonds. The quantitative estimate of drug-likeness (QED) is 0.777. The van der Waals surface area contributed by atoms with E-state index in [4.69, 9.17) is 5.11 Å². The Labute approximate surface area is 115 Å². The highest BCUT2D eigenvalue weighted by Crippen LogP contribution is 2.30.